The summed E-state index contributed by atoms with van der Waals surface area (Å²) in [7, 11) is 0. The second-order valence-corrected chi connectivity index (χ2v) is 5.06. The number of nitrogens with one attached hydrogen (secondary N) is 1. The number of hydrogen-bond acceptors (Lipinski definition) is 5. The molecule has 1 heterocycles. The van der Waals surface area contributed by atoms with Gasteiger partial charge in [0.2, 0.25) is 0 Å². The topological polar surface area (TPSA) is 49.0 Å². The third-order valence-electron chi connectivity index (χ3n) is 3.24. The van der Waals surface area contributed by atoms with Crippen molar-refractivity contribution >= 4 is 0 Å². The highest BCUT2D eigenvalue weighted by Gasteiger charge is 2.13. The van der Waals surface area contributed by atoms with Gasteiger partial charge in [0, 0.05) is 12.6 Å². The lowest BCUT2D eigenvalue weighted by atomic mass is 10.2. The molecule has 0 aromatic heterocycles. The Labute approximate surface area is 123 Å². The molecule has 1 aliphatic heterocycles. The summed E-state index contributed by atoms with van der Waals surface area (Å²) in [6, 6.07) is 0.547. The van der Waals surface area contributed by atoms with E-state index in [2.05, 4.69) is 12.2 Å². The zero-order valence-corrected chi connectivity index (χ0v) is 12.9. The maximum atomic E-state index is 5.55. The molecule has 120 valence electrons. The highest BCUT2D eigenvalue weighted by atomic mass is 16.6. The quantitative estimate of drug-likeness (QED) is 0.492. The summed E-state index contributed by atoms with van der Waals surface area (Å²) in [5.41, 5.74) is 0. The Kier molecular flexibility index (Phi) is 12.3. The summed E-state index contributed by atoms with van der Waals surface area (Å²) >= 11 is 0. The van der Waals surface area contributed by atoms with E-state index in [9.17, 15) is 0 Å². The van der Waals surface area contributed by atoms with Crippen LogP contribution in [-0.2, 0) is 18.9 Å². The molecule has 0 unspecified atom stereocenters. The number of ether oxygens (including phenoxy) is 4. The van der Waals surface area contributed by atoms with Gasteiger partial charge in [-0.05, 0) is 25.8 Å². The Morgan fingerprint density at radius 3 is 2.00 bits per heavy atom. The Hall–Kier alpha value is -0.200. The molecule has 0 amide bonds. The molecule has 1 saturated heterocycles. The van der Waals surface area contributed by atoms with Crippen molar-refractivity contribution in [2.24, 2.45) is 0 Å². The van der Waals surface area contributed by atoms with E-state index >= 15 is 0 Å². The summed E-state index contributed by atoms with van der Waals surface area (Å²) in [5.74, 6) is 0. The molecular weight excluding hydrogens is 258 g/mol. The zero-order valence-electron chi connectivity index (χ0n) is 12.9. The van der Waals surface area contributed by atoms with Crippen molar-refractivity contribution in [2.45, 2.75) is 38.6 Å². The average Bonchev–Trinajstić information content (AvgIpc) is 2.97. The van der Waals surface area contributed by atoms with Gasteiger partial charge in [-0.3, -0.25) is 0 Å². The first-order valence-electron chi connectivity index (χ1n) is 7.98. The lowest BCUT2D eigenvalue weighted by molar-refractivity contribution is -0.00380. The number of hydrogen-bond donors (Lipinski definition) is 1. The normalized spacial score (nSPS) is 18.8. The second kappa shape index (κ2) is 13.8. The van der Waals surface area contributed by atoms with Crippen LogP contribution in [-0.4, -0.2) is 65.4 Å². The molecule has 20 heavy (non-hydrogen) atoms. The Morgan fingerprint density at radius 2 is 1.45 bits per heavy atom. The fourth-order valence-electron chi connectivity index (χ4n) is 2.03. The lowest BCUT2D eigenvalue weighted by Gasteiger charge is -2.11. The van der Waals surface area contributed by atoms with Crippen LogP contribution in [0.4, 0.5) is 0 Å². The highest BCUT2D eigenvalue weighted by molar-refractivity contribution is 4.73. The first kappa shape index (κ1) is 17.9. The van der Waals surface area contributed by atoms with Crippen molar-refractivity contribution in [3.05, 3.63) is 0 Å². The van der Waals surface area contributed by atoms with Crippen LogP contribution in [0.3, 0.4) is 0 Å². The Morgan fingerprint density at radius 1 is 0.850 bits per heavy atom. The van der Waals surface area contributed by atoms with Gasteiger partial charge in [0.25, 0.3) is 0 Å². The van der Waals surface area contributed by atoms with Gasteiger partial charge < -0.3 is 24.3 Å². The van der Waals surface area contributed by atoms with Crippen LogP contribution in [0.5, 0.6) is 0 Å². The maximum Gasteiger partial charge on any atom is 0.0701 e. The van der Waals surface area contributed by atoms with Crippen molar-refractivity contribution < 1.29 is 18.9 Å². The molecule has 0 bridgehead atoms. The van der Waals surface area contributed by atoms with Crippen LogP contribution in [0.1, 0.15) is 32.6 Å². The summed E-state index contributed by atoms with van der Waals surface area (Å²) in [6.45, 7) is 8.81. The van der Waals surface area contributed by atoms with E-state index in [1.807, 2.05) is 0 Å². The Balaban J connectivity index is 1.66. The largest absolute Gasteiger partial charge is 0.379 e. The Bertz CT molecular complexity index is 198. The second-order valence-electron chi connectivity index (χ2n) is 5.06. The lowest BCUT2D eigenvalue weighted by Crippen LogP contribution is -2.27. The molecule has 0 aliphatic carbocycles. The SMILES string of the molecule is CCCCOCCOCCOCCOC[C@@H]1CCCN1. The van der Waals surface area contributed by atoms with Crippen molar-refractivity contribution in [1.29, 1.82) is 0 Å². The minimum atomic E-state index is 0.547. The molecular formula is C15H31NO4. The minimum absolute atomic E-state index is 0.547. The first-order chi connectivity index (χ1) is 9.93. The third-order valence-corrected chi connectivity index (χ3v) is 3.24. The molecule has 1 atom stereocenters. The monoisotopic (exact) mass is 289 g/mol. The van der Waals surface area contributed by atoms with Gasteiger partial charge in [-0.1, -0.05) is 13.3 Å². The maximum absolute atomic E-state index is 5.55. The van der Waals surface area contributed by atoms with Gasteiger partial charge in [0.15, 0.2) is 0 Å². The van der Waals surface area contributed by atoms with Gasteiger partial charge in [0.1, 0.15) is 0 Å². The van der Waals surface area contributed by atoms with E-state index in [1.54, 1.807) is 0 Å². The molecule has 5 nitrogen and oxygen atoms in total. The standard InChI is InChI=1S/C15H31NO4/c1-2-3-7-17-8-9-18-10-11-19-12-13-20-14-15-5-4-6-16-15/h15-16H,2-14H2,1H3/t15-/m0/s1. The van der Waals surface area contributed by atoms with Crippen LogP contribution >= 0.6 is 0 Å². The van der Waals surface area contributed by atoms with Crippen molar-refractivity contribution in [3.63, 3.8) is 0 Å². The zero-order chi connectivity index (χ0) is 14.3. The van der Waals surface area contributed by atoms with Crippen molar-refractivity contribution in [2.75, 3.05) is 59.4 Å². The molecule has 1 rings (SSSR count). The molecule has 0 aromatic rings. The molecule has 0 aromatic carbocycles. The van der Waals surface area contributed by atoms with Crippen LogP contribution in [0, 0.1) is 0 Å². The van der Waals surface area contributed by atoms with Gasteiger partial charge in [-0.15, -0.1) is 0 Å². The van der Waals surface area contributed by atoms with Crippen LogP contribution in [0.15, 0.2) is 0 Å². The number of rotatable bonds is 14. The van der Waals surface area contributed by atoms with E-state index in [0.717, 1.165) is 26.2 Å². The van der Waals surface area contributed by atoms with Crippen LogP contribution in [0.25, 0.3) is 0 Å². The smallest absolute Gasteiger partial charge is 0.0701 e. The summed E-state index contributed by atoms with van der Waals surface area (Å²) in [5, 5.41) is 3.40. The summed E-state index contributed by atoms with van der Waals surface area (Å²) in [6.07, 6.45) is 4.80. The fourth-order valence-corrected chi connectivity index (χ4v) is 2.03. The summed E-state index contributed by atoms with van der Waals surface area (Å²) < 4.78 is 21.8. The third kappa shape index (κ3) is 10.6. The minimum Gasteiger partial charge on any atom is -0.379 e. The van der Waals surface area contributed by atoms with Gasteiger partial charge >= 0.3 is 0 Å². The molecule has 1 N–H and O–H groups in total. The predicted molar refractivity (Wildman–Crippen MR) is 79.2 cm³/mol. The molecule has 0 spiro atoms. The van der Waals surface area contributed by atoms with Gasteiger partial charge in [-0.25, -0.2) is 0 Å². The van der Waals surface area contributed by atoms with E-state index < -0.39 is 0 Å². The van der Waals surface area contributed by atoms with Gasteiger partial charge in [-0.2, -0.15) is 0 Å². The molecule has 0 saturated carbocycles. The number of unbranched alkanes of at least 4 members (excludes halogenated alkanes) is 1. The average molecular weight is 289 g/mol. The van der Waals surface area contributed by atoms with Crippen LogP contribution < -0.4 is 5.32 Å². The van der Waals surface area contributed by atoms with E-state index in [4.69, 9.17) is 18.9 Å². The summed E-state index contributed by atoms with van der Waals surface area (Å²) in [4.78, 5) is 0. The highest BCUT2D eigenvalue weighted by Crippen LogP contribution is 2.04. The van der Waals surface area contributed by atoms with Crippen molar-refractivity contribution in [1.82, 2.24) is 5.32 Å². The molecule has 1 fully saturated rings. The predicted octanol–water partition coefficient (Wildman–Crippen LogP) is 1.60. The molecule has 5 heteroatoms. The van der Waals surface area contributed by atoms with E-state index in [1.165, 1.54) is 19.3 Å². The van der Waals surface area contributed by atoms with E-state index in [0.29, 0.717) is 45.7 Å². The molecule has 1 aliphatic rings. The molecule has 0 radical (unpaired) electrons. The van der Waals surface area contributed by atoms with Crippen LogP contribution in [0.2, 0.25) is 0 Å². The van der Waals surface area contributed by atoms with Crippen molar-refractivity contribution in [3.8, 4) is 0 Å². The van der Waals surface area contributed by atoms with E-state index in [-0.39, 0.29) is 0 Å². The van der Waals surface area contributed by atoms with Gasteiger partial charge in [0.05, 0.1) is 46.2 Å². The fraction of sp³-hybridized carbons (Fsp3) is 1.00. The first-order valence-corrected chi connectivity index (χ1v) is 7.98.